The van der Waals surface area contributed by atoms with Gasteiger partial charge in [-0.15, -0.1) is 10.2 Å². The van der Waals surface area contributed by atoms with Crippen molar-refractivity contribution in [3.05, 3.63) is 11.6 Å². The summed E-state index contributed by atoms with van der Waals surface area (Å²) in [5.74, 6) is 3.15. The van der Waals surface area contributed by atoms with E-state index in [1.54, 1.807) is 0 Å². The molecule has 2 rings (SSSR count). The zero-order chi connectivity index (χ0) is 17.2. The highest BCUT2D eigenvalue weighted by molar-refractivity contribution is 5.79. The van der Waals surface area contributed by atoms with Crippen molar-refractivity contribution in [3.8, 4) is 0 Å². The van der Waals surface area contributed by atoms with Gasteiger partial charge >= 0.3 is 0 Å². The van der Waals surface area contributed by atoms with Crippen LogP contribution >= 0.6 is 0 Å². The maximum atomic E-state index is 4.39. The van der Waals surface area contributed by atoms with Crippen molar-refractivity contribution in [1.82, 2.24) is 25.4 Å². The number of aromatic nitrogens is 3. The van der Waals surface area contributed by atoms with Crippen molar-refractivity contribution in [3.63, 3.8) is 0 Å². The van der Waals surface area contributed by atoms with Crippen LogP contribution in [0.4, 0.5) is 0 Å². The van der Waals surface area contributed by atoms with Crippen molar-refractivity contribution in [2.24, 2.45) is 4.99 Å². The highest BCUT2D eigenvalue weighted by Gasteiger charge is 2.14. The lowest BCUT2D eigenvalue weighted by Gasteiger charge is -2.17. The SMILES string of the molecule is CCCCCC(C)NC(=NC)NCCc1nnc2n1CCCCC2. The van der Waals surface area contributed by atoms with Crippen molar-refractivity contribution >= 4 is 5.96 Å². The highest BCUT2D eigenvalue weighted by atomic mass is 15.3. The lowest BCUT2D eigenvalue weighted by atomic mass is 10.1. The number of hydrogen-bond acceptors (Lipinski definition) is 3. The minimum Gasteiger partial charge on any atom is -0.356 e. The number of aliphatic imine (C=N–C) groups is 1. The maximum absolute atomic E-state index is 4.39. The molecule has 1 atom stereocenters. The molecule has 1 aromatic rings. The van der Waals surface area contributed by atoms with Gasteiger partial charge in [-0.1, -0.05) is 32.6 Å². The average Bonchev–Trinajstić information content (AvgIpc) is 2.81. The first-order valence-electron chi connectivity index (χ1n) is 9.62. The largest absolute Gasteiger partial charge is 0.356 e. The topological polar surface area (TPSA) is 67.1 Å². The summed E-state index contributed by atoms with van der Waals surface area (Å²) in [4.78, 5) is 4.33. The van der Waals surface area contributed by atoms with Gasteiger partial charge in [0.05, 0.1) is 0 Å². The molecule has 0 saturated carbocycles. The predicted octanol–water partition coefficient (Wildman–Crippen LogP) is 2.68. The Balaban J connectivity index is 1.75. The van der Waals surface area contributed by atoms with E-state index in [0.29, 0.717) is 6.04 Å². The van der Waals surface area contributed by atoms with Gasteiger partial charge in [-0.2, -0.15) is 0 Å². The van der Waals surface area contributed by atoms with E-state index >= 15 is 0 Å². The van der Waals surface area contributed by atoms with Crippen LogP contribution in [0.1, 0.15) is 70.4 Å². The van der Waals surface area contributed by atoms with Crippen molar-refractivity contribution in [1.29, 1.82) is 0 Å². The van der Waals surface area contributed by atoms with E-state index in [-0.39, 0.29) is 0 Å². The molecule has 2 heterocycles. The normalized spacial score (nSPS) is 16.4. The standard InChI is InChI=1S/C18H34N6/c1-4-5-7-10-15(2)21-18(19-3)20-13-12-17-23-22-16-11-8-6-9-14-24(16)17/h15H,4-14H2,1-3H3,(H2,19,20,21). The fourth-order valence-electron chi connectivity index (χ4n) is 3.22. The molecular formula is C18H34N6. The Morgan fingerprint density at radius 3 is 2.92 bits per heavy atom. The van der Waals surface area contributed by atoms with Crippen LogP contribution < -0.4 is 10.6 Å². The fraction of sp³-hybridized carbons (Fsp3) is 0.833. The van der Waals surface area contributed by atoms with Gasteiger partial charge < -0.3 is 15.2 Å². The molecule has 1 aliphatic heterocycles. The molecule has 0 saturated heterocycles. The summed E-state index contributed by atoms with van der Waals surface area (Å²) in [6, 6.07) is 0.451. The fourth-order valence-corrected chi connectivity index (χ4v) is 3.22. The third kappa shape index (κ3) is 5.80. The lowest BCUT2D eigenvalue weighted by Crippen LogP contribution is -2.43. The van der Waals surface area contributed by atoms with Crippen LogP contribution in [0.5, 0.6) is 0 Å². The third-order valence-electron chi connectivity index (χ3n) is 4.67. The Labute approximate surface area is 146 Å². The molecule has 0 radical (unpaired) electrons. The molecule has 0 aromatic carbocycles. The van der Waals surface area contributed by atoms with Crippen LogP contribution in [0.3, 0.4) is 0 Å². The zero-order valence-corrected chi connectivity index (χ0v) is 15.6. The zero-order valence-electron chi connectivity index (χ0n) is 15.6. The summed E-state index contributed by atoms with van der Waals surface area (Å²) in [6.07, 6.45) is 10.8. The van der Waals surface area contributed by atoms with E-state index in [2.05, 4.69) is 44.2 Å². The Kier molecular flexibility index (Phi) is 8.05. The molecule has 136 valence electrons. The molecule has 0 aliphatic carbocycles. The number of aryl methyl sites for hydroxylation is 1. The summed E-state index contributed by atoms with van der Waals surface area (Å²) >= 11 is 0. The second-order valence-corrected chi connectivity index (χ2v) is 6.78. The van der Waals surface area contributed by atoms with Gasteiger partial charge in [0.15, 0.2) is 5.96 Å². The monoisotopic (exact) mass is 334 g/mol. The van der Waals surface area contributed by atoms with Gasteiger partial charge in [-0.05, 0) is 26.2 Å². The number of fused-ring (bicyclic) bond motifs is 1. The number of nitrogens with zero attached hydrogens (tertiary/aromatic N) is 4. The first-order chi connectivity index (χ1) is 11.7. The van der Waals surface area contributed by atoms with Crippen LogP contribution in [0.2, 0.25) is 0 Å². The third-order valence-corrected chi connectivity index (χ3v) is 4.67. The van der Waals surface area contributed by atoms with Crippen molar-refractivity contribution in [2.45, 2.75) is 84.2 Å². The lowest BCUT2D eigenvalue weighted by molar-refractivity contribution is 0.545. The van der Waals surface area contributed by atoms with Crippen LogP contribution in [0.25, 0.3) is 0 Å². The van der Waals surface area contributed by atoms with Gasteiger partial charge in [-0.25, -0.2) is 0 Å². The molecule has 0 amide bonds. The van der Waals surface area contributed by atoms with Gasteiger partial charge in [0.25, 0.3) is 0 Å². The molecule has 6 heteroatoms. The van der Waals surface area contributed by atoms with Gasteiger partial charge in [0, 0.05) is 39.0 Å². The second-order valence-electron chi connectivity index (χ2n) is 6.78. The average molecular weight is 335 g/mol. The van der Waals surface area contributed by atoms with Crippen LogP contribution in [0.15, 0.2) is 4.99 Å². The molecule has 0 spiro atoms. The minimum atomic E-state index is 0.451. The van der Waals surface area contributed by atoms with Crippen LogP contribution in [-0.2, 0) is 19.4 Å². The first-order valence-corrected chi connectivity index (χ1v) is 9.62. The van der Waals surface area contributed by atoms with E-state index in [1.165, 1.54) is 44.9 Å². The summed E-state index contributed by atoms with van der Waals surface area (Å²) in [5, 5.41) is 15.6. The van der Waals surface area contributed by atoms with E-state index < -0.39 is 0 Å². The molecule has 0 fully saturated rings. The second kappa shape index (κ2) is 10.3. The molecule has 1 aliphatic rings. The van der Waals surface area contributed by atoms with E-state index in [1.807, 2.05) is 7.05 Å². The Hall–Kier alpha value is -1.59. The van der Waals surface area contributed by atoms with Gasteiger partial charge in [0.2, 0.25) is 0 Å². The smallest absolute Gasteiger partial charge is 0.191 e. The minimum absolute atomic E-state index is 0.451. The van der Waals surface area contributed by atoms with E-state index in [4.69, 9.17) is 0 Å². The summed E-state index contributed by atoms with van der Waals surface area (Å²) in [6.45, 7) is 6.36. The van der Waals surface area contributed by atoms with Crippen molar-refractivity contribution in [2.75, 3.05) is 13.6 Å². The molecule has 0 bridgehead atoms. The summed E-state index contributed by atoms with van der Waals surface area (Å²) < 4.78 is 2.32. The molecule has 24 heavy (non-hydrogen) atoms. The Morgan fingerprint density at radius 1 is 1.25 bits per heavy atom. The number of rotatable bonds is 8. The number of nitrogens with one attached hydrogen (secondary N) is 2. The highest BCUT2D eigenvalue weighted by Crippen LogP contribution is 2.14. The quantitative estimate of drug-likeness (QED) is 0.436. The van der Waals surface area contributed by atoms with Gasteiger partial charge in [-0.3, -0.25) is 4.99 Å². The number of guanidine groups is 1. The Morgan fingerprint density at radius 2 is 2.12 bits per heavy atom. The van der Waals surface area contributed by atoms with Gasteiger partial charge in [0.1, 0.15) is 11.6 Å². The van der Waals surface area contributed by atoms with E-state index in [0.717, 1.165) is 43.5 Å². The molecule has 6 nitrogen and oxygen atoms in total. The first kappa shape index (κ1) is 18.7. The molecule has 1 aromatic heterocycles. The number of unbranched alkanes of at least 4 members (excludes halogenated alkanes) is 2. The molecule has 2 N–H and O–H groups in total. The number of hydrogen-bond donors (Lipinski definition) is 2. The maximum Gasteiger partial charge on any atom is 0.191 e. The van der Waals surface area contributed by atoms with Crippen LogP contribution in [0, 0.1) is 0 Å². The molecular weight excluding hydrogens is 300 g/mol. The predicted molar refractivity (Wildman–Crippen MR) is 99.4 cm³/mol. The van der Waals surface area contributed by atoms with Crippen molar-refractivity contribution < 1.29 is 0 Å². The van der Waals surface area contributed by atoms with E-state index in [9.17, 15) is 0 Å². The van der Waals surface area contributed by atoms with Crippen LogP contribution in [-0.4, -0.2) is 40.4 Å². The summed E-state index contributed by atoms with van der Waals surface area (Å²) in [7, 11) is 1.83. The summed E-state index contributed by atoms with van der Waals surface area (Å²) in [5.41, 5.74) is 0. The Bertz CT molecular complexity index is 508. The molecule has 1 unspecified atom stereocenters.